The Bertz CT molecular complexity index is 1780. The lowest BCUT2D eigenvalue weighted by molar-refractivity contribution is -0.379. The van der Waals surface area contributed by atoms with Gasteiger partial charge < -0.3 is 89.9 Å². The van der Waals surface area contributed by atoms with E-state index in [0.29, 0.717) is 12.8 Å². The molecule has 17 atom stereocenters. The van der Waals surface area contributed by atoms with Crippen molar-refractivity contribution in [1.29, 1.82) is 0 Å². The SMILES string of the molecule is CCCCCCCCCC/C=C\CCCCCCCCCCCCCCCCCC(=O)NC(COC1OC(CO)C(OC2OC(CO)C(OC3OC(CO)C(O)C(O)C3O)C(O)C2O)C(O)C1O)C(O)/C=C/CC/C=C/CCCCCCCCCCCCCC. The molecule has 0 aromatic heterocycles. The van der Waals surface area contributed by atoms with Crippen LogP contribution in [0.25, 0.3) is 0 Å². The van der Waals surface area contributed by atoms with Gasteiger partial charge in [0.05, 0.1) is 38.6 Å². The number of carbonyl (C=O) groups is 1. The van der Waals surface area contributed by atoms with Crippen LogP contribution in [0, 0.1) is 0 Å². The molecule has 0 spiro atoms. The molecule has 0 bridgehead atoms. The van der Waals surface area contributed by atoms with Gasteiger partial charge in [-0.25, -0.2) is 0 Å². The molecule has 3 rings (SSSR count). The van der Waals surface area contributed by atoms with Gasteiger partial charge in [0.15, 0.2) is 18.9 Å². The van der Waals surface area contributed by atoms with Gasteiger partial charge in [-0.2, -0.15) is 0 Å². The Morgan fingerprint density at radius 3 is 1.11 bits per heavy atom. The molecular weight excluding hydrogens is 1150 g/mol. The molecule has 0 aliphatic carbocycles. The van der Waals surface area contributed by atoms with Crippen LogP contribution >= 0.6 is 0 Å². The molecule has 0 aromatic carbocycles. The topological polar surface area (TPSA) is 307 Å². The lowest BCUT2D eigenvalue weighted by Crippen LogP contribution is -2.66. The van der Waals surface area contributed by atoms with E-state index in [1.54, 1.807) is 6.08 Å². The van der Waals surface area contributed by atoms with E-state index in [1.807, 2.05) is 6.08 Å². The van der Waals surface area contributed by atoms with E-state index in [0.717, 1.165) is 38.5 Å². The normalized spacial score (nSPS) is 28.2. The first-order valence-corrected chi connectivity index (χ1v) is 36.2. The predicted octanol–water partition coefficient (Wildman–Crippen LogP) is 10.00. The highest BCUT2D eigenvalue weighted by Gasteiger charge is 2.53. The number of rotatable bonds is 56. The second-order valence-electron chi connectivity index (χ2n) is 26.0. The van der Waals surface area contributed by atoms with Crippen LogP contribution in [0.15, 0.2) is 36.5 Å². The fourth-order valence-corrected chi connectivity index (χ4v) is 12.3. The maximum Gasteiger partial charge on any atom is 0.220 e. The van der Waals surface area contributed by atoms with E-state index in [-0.39, 0.29) is 18.9 Å². The first kappa shape index (κ1) is 82.2. The highest BCUT2D eigenvalue weighted by Crippen LogP contribution is 2.33. The minimum Gasteiger partial charge on any atom is -0.394 e. The quantitative estimate of drug-likeness (QED) is 0.0199. The maximum atomic E-state index is 13.4. The standard InChI is InChI=1S/C71H131NO18/c1-3-5-7-9-11-13-15-17-19-21-23-24-25-26-27-28-29-30-31-33-35-37-39-41-43-45-47-49-59(77)72-54(55(76)48-46-44-42-40-38-36-34-32-22-20-18-16-14-12-10-8-6-4-2)53-85-69-65(83)62(80)67(57(51-74)87-69)90-71-66(84)63(81)68(58(52-75)88-71)89-70-64(82)61(79)60(78)56(50-73)86-70/h21,23,38,40,46,48,54-58,60-71,73-76,78-84H,3-20,22,24-37,39,41-45,47,49-53H2,1-2H3,(H,72,77)/b23-21-,40-38+,48-46+. The zero-order valence-corrected chi connectivity index (χ0v) is 55.9. The first-order valence-electron chi connectivity index (χ1n) is 36.2. The van der Waals surface area contributed by atoms with Crippen molar-refractivity contribution in [3.8, 4) is 0 Å². The Labute approximate surface area is 542 Å². The van der Waals surface area contributed by atoms with Crippen LogP contribution in [0.2, 0.25) is 0 Å². The number of hydrogen-bond donors (Lipinski definition) is 12. The van der Waals surface area contributed by atoms with Crippen LogP contribution in [-0.4, -0.2) is 193 Å². The van der Waals surface area contributed by atoms with Gasteiger partial charge in [-0.1, -0.05) is 249 Å². The molecule has 0 radical (unpaired) electrons. The van der Waals surface area contributed by atoms with E-state index in [1.165, 1.54) is 205 Å². The van der Waals surface area contributed by atoms with Gasteiger partial charge in [0, 0.05) is 6.42 Å². The summed E-state index contributed by atoms with van der Waals surface area (Å²) in [6.07, 6.45) is 35.6. The Hall–Kier alpha value is -1.99. The van der Waals surface area contributed by atoms with E-state index in [4.69, 9.17) is 28.4 Å². The summed E-state index contributed by atoms with van der Waals surface area (Å²) in [5.41, 5.74) is 0. The third-order valence-electron chi connectivity index (χ3n) is 18.2. The fraction of sp³-hybridized carbons (Fsp3) is 0.901. The third-order valence-corrected chi connectivity index (χ3v) is 18.2. The average molecular weight is 1290 g/mol. The van der Waals surface area contributed by atoms with Gasteiger partial charge in [-0.3, -0.25) is 4.79 Å². The molecule has 3 saturated heterocycles. The van der Waals surface area contributed by atoms with Gasteiger partial charge in [0.25, 0.3) is 0 Å². The van der Waals surface area contributed by atoms with Gasteiger partial charge in [0.1, 0.15) is 73.2 Å². The van der Waals surface area contributed by atoms with Gasteiger partial charge in [0.2, 0.25) is 5.91 Å². The zero-order chi connectivity index (χ0) is 65.4. The summed E-state index contributed by atoms with van der Waals surface area (Å²) in [6.45, 7) is 1.74. The number of unbranched alkanes of at least 4 members (excludes halogenated alkanes) is 36. The molecular formula is C71H131NO18. The third kappa shape index (κ3) is 34.6. The summed E-state index contributed by atoms with van der Waals surface area (Å²) >= 11 is 0. The summed E-state index contributed by atoms with van der Waals surface area (Å²) in [4.78, 5) is 13.4. The molecule has 17 unspecified atom stereocenters. The second kappa shape index (κ2) is 53.2. The van der Waals surface area contributed by atoms with E-state index in [2.05, 4.69) is 43.5 Å². The maximum absolute atomic E-state index is 13.4. The van der Waals surface area contributed by atoms with Crippen LogP contribution < -0.4 is 5.32 Å². The Kier molecular flexibility index (Phi) is 48.6. The second-order valence-corrected chi connectivity index (χ2v) is 26.0. The van der Waals surface area contributed by atoms with Crippen molar-refractivity contribution in [1.82, 2.24) is 5.32 Å². The van der Waals surface area contributed by atoms with Crippen molar-refractivity contribution in [2.24, 2.45) is 0 Å². The van der Waals surface area contributed by atoms with Gasteiger partial charge in [-0.05, 0) is 57.8 Å². The fourth-order valence-electron chi connectivity index (χ4n) is 12.3. The van der Waals surface area contributed by atoms with Crippen LogP contribution in [0.1, 0.15) is 277 Å². The first-order chi connectivity index (χ1) is 43.8. The molecule has 90 heavy (non-hydrogen) atoms. The molecule has 3 fully saturated rings. The lowest BCUT2D eigenvalue weighted by atomic mass is 9.96. The summed E-state index contributed by atoms with van der Waals surface area (Å²) in [7, 11) is 0. The number of amides is 1. The van der Waals surface area contributed by atoms with Crippen LogP contribution in [0.5, 0.6) is 0 Å². The predicted molar refractivity (Wildman–Crippen MR) is 351 cm³/mol. The molecule has 19 heteroatoms. The molecule has 528 valence electrons. The summed E-state index contributed by atoms with van der Waals surface area (Å²) in [5, 5.41) is 121. The van der Waals surface area contributed by atoms with Gasteiger partial charge in [-0.15, -0.1) is 0 Å². The van der Waals surface area contributed by atoms with Crippen molar-refractivity contribution in [2.75, 3.05) is 26.4 Å². The number of nitrogens with one attached hydrogen (secondary N) is 1. The molecule has 0 saturated carbocycles. The zero-order valence-electron chi connectivity index (χ0n) is 55.9. The van der Waals surface area contributed by atoms with Crippen LogP contribution in [0.4, 0.5) is 0 Å². The molecule has 3 heterocycles. The van der Waals surface area contributed by atoms with E-state index >= 15 is 0 Å². The lowest BCUT2D eigenvalue weighted by Gasteiger charge is -2.48. The number of hydrogen-bond acceptors (Lipinski definition) is 18. The Balaban J connectivity index is 1.42. The Morgan fingerprint density at radius 1 is 0.389 bits per heavy atom. The van der Waals surface area contributed by atoms with Crippen molar-refractivity contribution in [2.45, 2.75) is 381 Å². The Morgan fingerprint density at radius 2 is 0.711 bits per heavy atom. The largest absolute Gasteiger partial charge is 0.394 e. The summed E-state index contributed by atoms with van der Waals surface area (Å²) in [6, 6.07) is -0.989. The number of ether oxygens (including phenoxy) is 6. The smallest absolute Gasteiger partial charge is 0.220 e. The van der Waals surface area contributed by atoms with E-state index in [9.17, 15) is 61.0 Å². The highest BCUT2D eigenvalue weighted by molar-refractivity contribution is 5.76. The average Bonchev–Trinajstić information content (AvgIpc) is 0.866. The van der Waals surface area contributed by atoms with E-state index < -0.39 is 124 Å². The van der Waals surface area contributed by atoms with Crippen molar-refractivity contribution in [3.05, 3.63) is 36.5 Å². The molecule has 1 amide bonds. The molecule has 3 aliphatic heterocycles. The van der Waals surface area contributed by atoms with Crippen molar-refractivity contribution < 1.29 is 89.4 Å². The molecule has 0 aromatic rings. The monoisotopic (exact) mass is 1290 g/mol. The summed E-state index contributed by atoms with van der Waals surface area (Å²) in [5.74, 6) is -0.282. The number of allylic oxidation sites excluding steroid dienone is 5. The number of carbonyl (C=O) groups excluding carboxylic acids is 1. The molecule has 12 N–H and O–H groups in total. The number of aliphatic hydroxyl groups is 11. The highest BCUT2D eigenvalue weighted by atomic mass is 16.8. The van der Waals surface area contributed by atoms with Crippen molar-refractivity contribution in [3.63, 3.8) is 0 Å². The summed E-state index contributed by atoms with van der Waals surface area (Å²) < 4.78 is 34.4. The minimum atomic E-state index is -1.98. The van der Waals surface area contributed by atoms with Gasteiger partial charge >= 0.3 is 0 Å². The minimum absolute atomic E-state index is 0.238. The van der Waals surface area contributed by atoms with Crippen LogP contribution in [0.3, 0.4) is 0 Å². The van der Waals surface area contributed by atoms with Crippen molar-refractivity contribution >= 4 is 5.91 Å². The molecule has 19 nitrogen and oxygen atoms in total. The molecule has 3 aliphatic rings. The number of aliphatic hydroxyl groups excluding tert-OH is 11. The van der Waals surface area contributed by atoms with Crippen LogP contribution in [-0.2, 0) is 33.2 Å².